The molecule has 0 fully saturated rings. The molecule has 0 radical (unpaired) electrons. The lowest BCUT2D eigenvalue weighted by Gasteiger charge is -1.99. The summed E-state index contributed by atoms with van der Waals surface area (Å²) in [4.78, 5) is 7.65. The number of benzene rings is 1. The van der Waals surface area contributed by atoms with Gasteiger partial charge in [-0.3, -0.25) is 4.98 Å². The molecule has 2 nitrogen and oxygen atoms in total. The third kappa shape index (κ3) is 1.39. The average Bonchev–Trinajstić information content (AvgIpc) is 2.74. The highest BCUT2D eigenvalue weighted by Gasteiger charge is 2.05. The van der Waals surface area contributed by atoms with Crippen LogP contribution in [0.1, 0.15) is 5.56 Å². The highest BCUT2D eigenvalue weighted by atomic mass is 14.8. The van der Waals surface area contributed by atoms with Crippen molar-refractivity contribution < 1.29 is 0 Å². The molecule has 0 spiro atoms. The van der Waals surface area contributed by atoms with Crippen molar-refractivity contribution in [3.05, 3.63) is 54.4 Å². The molecule has 3 rings (SSSR count). The standard InChI is InChI=1S/C14H12N2/c1-10-4-6-11(7-5-10)12-9-16-13-3-2-8-15-14(12)13/h2-9,16H,1H3. The molecule has 0 aliphatic rings. The Morgan fingerprint density at radius 1 is 1.06 bits per heavy atom. The Morgan fingerprint density at radius 2 is 1.88 bits per heavy atom. The lowest BCUT2D eigenvalue weighted by Crippen LogP contribution is -1.78. The van der Waals surface area contributed by atoms with Crippen LogP contribution in [0.5, 0.6) is 0 Å². The van der Waals surface area contributed by atoms with E-state index in [0.29, 0.717) is 0 Å². The number of pyridine rings is 1. The largest absolute Gasteiger partial charge is 0.359 e. The van der Waals surface area contributed by atoms with Crippen molar-refractivity contribution in [2.75, 3.05) is 0 Å². The molecule has 0 unspecified atom stereocenters. The van der Waals surface area contributed by atoms with Gasteiger partial charge >= 0.3 is 0 Å². The van der Waals surface area contributed by atoms with Gasteiger partial charge in [0.25, 0.3) is 0 Å². The van der Waals surface area contributed by atoms with Crippen LogP contribution in [0.25, 0.3) is 22.2 Å². The first kappa shape index (κ1) is 9.16. The maximum atomic E-state index is 4.41. The van der Waals surface area contributed by atoms with Gasteiger partial charge in [0.05, 0.1) is 11.0 Å². The number of hydrogen-bond acceptors (Lipinski definition) is 1. The van der Waals surface area contributed by atoms with Crippen LogP contribution in [-0.4, -0.2) is 9.97 Å². The topological polar surface area (TPSA) is 28.7 Å². The molecule has 1 aromatic carbocycles. The van der Waals surface area contributed by atoms with Crippen molar-refractivity contribution in [2.24, 2.45) is 0 Å². The lowest BCUT2D eigenvalue weighted by molar-refractivity contribution is 1.41. The molecule has 3 aromatic rings. The first-order valence-corrected chi connectivity index (χ1v) is 5.34. The van der Waals surface area contributed by atoms with Crippen LogP contribution in [0, 0.1) is 6.92 Å². The van der Waals surface area contributed by atoms with Gasteiger partial charge in [-0.05, 0) is 24.6 Å². The molecule has 0 aliphatic heterocycles. The number of fused-ring (bicyclic) bond motifs is 1. The molecule has 0 saturated heterocycles. The zero-order chi connectivity index (χ0) is 11.0. The van der Waals surface area contributed by atoms with Crippen molar-refractivity contribution in [1.29, 1.82) is 0 Å². The molecule has 16 heavy (non-hydrogen) atoms. The van der Waals surface area contributed by atoms with Crippen molar-refractivity contribution in [3.63, 3.8) is 0 Å². The van der Waals surface area contributed by atoms with Gasteiger partial charge in [0.2, 0.25) is 0 Å². The summed E-state index contributed by atoms with van der Waals surface area (Å²) in [7, 11) is 0. The van der Waals surface area contributed by atoms with E-state index in [4.69, 9.17) is 0 Å². The van der Waals surface area contributed by atoms with Gasteiger partial charge in [0, 0.05) is 18.0 Å². The van der Waals surface area contributed by atoms with Crippen LogP contribution < -0.4 is 0 Å². The summed E-state index contributed by atoms with van der Waals surface area (Å²) in [5, 5.41) is 0. The number of aromatic amines is 1. The molecule has 0 saturated carbocycles. The number of nitrogens with zero attached hydrogens (tertiary/aromatic N) is 1. The zero-order valence-electron chi connectivity index (χ0n) is 9.07. The number of rotatable bonds is 1. The Hall–Kier alpha value is -2.09. The predicted molar refractivity (Wildman–Crippen MR) is 66.3 cm³/mol. The fourth-order valence-electron chi connectivity index (χ4n) is 1.91. The van der Waals surface area contributed by atoms with Crippen molar-refractivity contribution in [2.45, 2.75) is 6.92 Å². The molecular formula is C14H12N2. The first-order valence-electron chi connectivity index (χ1n) is 5.34. The summed E-state index contributed by atoms with van der Waals surface area (Å²) >= 11 is 0. The number of H-pyrrole nitrogens is 1. The first-order chi connectivity index (χ1) is 7.84. The van der Waals surface area contributed by atoms with Crippen molar-refractivity contribution in [1.82, 2.24) is 9.97 Å². The summed E-state index contributed by atoms with van der Waals surface area (Å²) in [5.74, 6) is 0. The second-order valence-corrected chi connectivity index (χ2v) is 3.97. The number of aryl methyl sites for hydroxylation is 1. The number of nitrogens with one attached hydrogen (secondary N) is 1. The monoisotopic (exact) mass is 208 g/mol. The minimum atomic E-state index is 1.03. The minimum Gasteiger partial charge on any atom is -0.359 e. The van der Waals surface area contributed by atoms with Gasteiger partial charge < -0.3 is 4.98 Å². The predicted octanol–water partition coefficient (Wildman–Crippen LogP) is 3.54. The van der Waals surface area contributed by atoms with Crippen molar-refractivity contribution >= 4 is 11.0 Å². The van der Waals surface area contributed by atoms with Crippen LogP contribution in [0.15, 0.2) is 48.8 Å². The van der Waals surface area contributed by atoms with E-state index in [-0.39, 0.29) is 0 Å². The summed E-state index contributed by atoms with van der Waals surface area (Å²) in [5.41, 5.74) is 5.76. The molecule has 2 heterocycles. The SMILES string of the molecule is Cc1ccc(-c2c[nH]c3cccnc23)cc1. The van der Waals surface area contributed by atoms with Crippen LogP contribution in [-0.2, 0) is 0 Å². The van der Waals surface area contributed by atoms with Gasteiger partial charge in [0.15, 0.2) is 0 Å². The van der Waals surface area contributed by atoms with Crippen LogP contribution in [0.4, 0.5) is 0 Å². The third-order valence-electron chi connectivity index (χ3n) is 2.80. The van der Waals surface area contributed by atoms with E-state index in [1.54, 1.807) is 0 Å². The van der Waals surface area contributed by atoms with Gasteiger partial charge in [0.1, 0.15) is 0 Å². The van der Waals surface area contributed by atoms with Crippen LogP contribution in [0.2, 0.25) is 0 Å². The average molecular weight is 208 g/mol. The summed E-state index contributed by atoms with van der Waals surface area (Å²) in [6.45, 7) is 2.09. The highest BCUT2D eigenvalue weighted by molar-refractivity contribution is 5.92. The van der Waals surface area contributed by atoms with Gasteiger partial charge in [-0.25, -0.2) is 0 Å². The normalized spacial score (nSPS) is 10.8. The smallest absolute Gasteiger partial charge is 0.0957 e. The van der Waals surface area contributed by atoms with E-state index in [9.17, 15) is 0 Å². The lowest BCUT2D eigenvalue weighted by atomic mass is 10.1. The van der Waals surface area contributed by atoms with Crippen LogP contribution in [0.3, 0.4) is 0 Å². The summed E-state index contributed by atoms with van der Waals surface area (Å²) < 4.78 is 0. The van der Waals surface area contributed by atoms with E-state index in [1.807, 2.05) is 24.5 Å². The van der Waals surface area contributed by atoms with Gasteiger partial charge in [-0.15, -0.1) is 0 Å². The Balaban J connectivity index is 2.22. The van der Waals surface area contributed by atoms with E-state index in [2.05, 4.69) is 41.2 Å². The second-order valence-electron chi connectivity index (χ2n) is 3.97. The second kappa shape index (κ2) is 3.49. The van der Waals surface area contributed by atoms with E-state index in [0.717, 1.165) is 16.6 Å². The van der Waals surface area contributed by atoms with Crippen LogP contribution >= 0.6 is 0 Å². The summed E-state index contributed by atoms with van der Waals surface area (Å²) in [6, 6.07) is 12.5. The molecule has 0 amide bonds. The molecule has 0 bridgehead atoms. The molecule has 2 aromatic heterocycles. The number of hydrogen-bond donors (Lipinski definition) is 1. The van der Waals surface area contributed by atoms with Gasteiger partial charge in [-0.1, -0.05) is 29.8 Å². The maximum absolute atomic E-state index is 4.41. The Morgan fingerprint density at radius 3 is 2.69 bits per heavy atom. The summed E-state index contributed by atoms with van der Waals surface area (Å²) in [6.07, 6.45) is 3.84. The fourth-order valence-corrected chi connectivity index (χ4v) is 1.91. The molecule has 0 aliphatic carbocycles. The Kier molecular flexibility index (Phi) is 2.00. The minimum absolute atomic E-state index is 1.03. The third-order valence-corrected chi connectivity index (χ3v) is 2.80. The maximum Gasteiger partial charge on any atom is 0.0957 e. The molecule has 0 atom stereocenters. The van der Waals surface area contributed by atoms with E-state index in [1.165, 1.54) is 11.1 Å². The van der Waals surface area contributed by atoms with Gasteiger partial charge in [-0.2, -0.15) is 0 Å². The Labute approximate surface area is 94.0 Å². The Bertz CT molecular complexity index is 621. The molecule has 78 valence electrons. The quantitative estimate of drug-likeness (QED) is 0.651. The fraction of sp³-hybridized carbons (Fsp3) is 0.0714. The number of aromatic nitrogens is 2. The van der Waals surface area contributed by atoms with Crippen molar-refractivity contribution in [3.8, 4) is 11.1 Å². The van der Waals surface area contributed by atoms with E-state index < -0.39 is 0 Å². The highest BCUT2D eigenvalue weighted by Crippen LogP contribution is 2.26. The molecule has 1 N–H and O–H groups in total. The van der Waals surface area contributed by atoms with E-state index >= 15 is 0 Å². The zero-order valence-corrected chi connectivity index (χ0v) is 9.07. The molecular weight excluding hydrogens is 196 g/mol. The molecule has 2 heteroatoms.